The number of hydrogen-bond acceptors (Lipinski definition) is 4. The SMILES string of the molecule is O=C(NCC1CN(C2CCNC2)C1)OCc1ccccc1. The number of benzene rings is 1. The van der Waals surface area contributed by atoms with Crippen LogP contribution in [-0.2, 0) is 11.3 Å². The van der Waals surface area contributed by atoms with E-state index in [1.54, 1.807) is 0 Å². The highest BCUT2D eigenvalue weighted by molar-refractivity contribution is 5.67. The second-order valence-electron chi connectivity index (χ2n) is 5.91. The first-order chi connectivity index (χ1) is 10.3. The number of nitrogens with one attached hydrogen (secondary N) is 2. The van der Waals surface area contributed by atoms with Crippen molar-refractivity contribution in [2.24, 2.45) is 5.92 Å². The largest absolute Gasteiger partial charge is 0.445 e. The smallest absolute Gasteiger partial charge is 0.407 e. The summed E-state index contributed by atoms with van der Waals surface area (Å²) in [5.74, 6) is 0.565. The molecule has 114 valence electrons. The fraction of sp³-hybridized carbons (Fsp3) is 0.562. The number of likely N-dealkylation sites (tertiary alicyclic amines) is 1. The highest BCUT2D eigenvalue weighted by Gasteiger charge is 2.33. The molecule has 2 fully saturated rings. The number of ether oxygens (including phenoxy) is 1. The quantitative estimate of drug-likeness (QED) is 0.855. The summed E-state index contributed by atoms with van der Waals surface area (Å²) in [6.45, 7) is 5.47. The summed E-state index contributed by atoms with van der Waals surface area (Å²) in [6.07, 6.45) is 0.930. The molecule has 1 unspecified atom stereocenters. The number of alkyl carbamates (subject to hydrolysis) is 1. The molecule has 0 aromatic heterocycles. The van der Waals surface area contributed by atoms with Crippen molar-refractivity contribution in [1.82, 2.24) is 15.5 Å². The van der Waals surface area contributed by atoms with Crippen LogP contribution in [0.3, 0.4) is 0 Å². The van der Waals surface area contributed by atoms with E-state index in [-0.39, 0.29) is 6.09 Å². The van der Waals surface area contributed by atoms with Gasteiger partial charge >= 0.3 is 6.09 Å². The molecule has 0 spiro atoms. The van der Waals surface area contributed by atoms with Gasteiger partial charge in [0.1, 0.15) is 6.61 Å². The van der Waals surface area contributed by atoms with Crippen molar-refractivity contribution in [2.75, 3.05) is 32.7 Å². The number of nitrogens with zero attached hydrogens (tertiary/aromatic N) is 1. The molecular weight excluding hydrogens is 266 g/mol. The van der Waals surface area contributed by atoms with Crippen LogP contribution in [0.15, 0.2) is 30.3 Å². The summed E-state index contributed by atoms with van der Waals surface area (Å²) in [5, 5.41) is 6.25. The zero-order valence-electron chi connectivity index (χ0n) is 12.3. The van der Waals surface area contributed by atoms with E-state index in [4.69, 9.17) is 4.74 Å². The van der Waals surface area contributed by atoms with E-state index in [9.17, 15) is 4.79 Å². The van der Waals surface area contributed by atoms with Gasteiger partial charge in [-0.2, -0.15) is 0 Å². The van der Waals surface area contributed by atoms with Gasteiger partial charge in [-0.25, -0.2) is 4.79 Å². The van der Waals surface area contributed by atoms with Crippen LogP contribution in [-0.4, -0.2) is 49.8 Å². The molecule has 1 aromatic rings. The van der Waals surface area contributed by atoms with Gasteiger partial charge in [-0.05, 0) is 18.5 Å². The summed E-state index contributed by atoms with van der Waals surface area (Å²) in [6, 6.07) is 10.4. The molecule has 0 aliphatic carbocycles. The minimum absolute atomic E-state index is 0.320. The molecule has 0 bridgehead atoms. The Kier molecular flexibility index (Phi) is 4.72. The van der Waals surface area contributed by atoms with Crippen molar-refractivity contribution in [3.8, 4) is 0 Å². The Hall–Kier alpha value is -1.59. The zero-order chi connectivity index (χ0) is 14.5. The molecule has 2 aliphatic rings. The van der Waals surface area contributed by atoms with E-state index in [2.05, 4.69) is 15.5 Å². The molecule has 2 saturated heterocycles. The van der Waals surface area contributed by atoms with Crippen LogP contribution < -0.4 is 10.6 Å². The van der Waals surface area contributed by atoms with E-state index >= 15 is 0 Å². The molecule has 3 rings (SSSR count). The zero-order valence-corrected chi connectivity index (χ0v) is 12.3. The van der Waals surface area contributed by atoms with Gasteiger partial charge in [0.15, 0.2) is 0 Å². The third kappa shape index (κ3) is 3.95. The lowest BCUT2D eigenvalue weighted by Gasteiger charge is -2.43. The van der Waals surface area contributed by atoms with Crippen LogP contribution in [0.5, 0.6) is 0 Å². The summed E-state index contributed by atoms with van der Waals surface area (Å²) in [7, 11) is 0. The van der Waals surface area contributed by atoms with Gasteiger partial charge in [-0.1, -0.05) is 30.3 Å². The topological polar surface area (TPSA) is 53.6 Å². The lowest BCUT2D eigenvalue weighted by atomic mass is 9.97. The van der Waals surface area contributed by atoms with Gasteiger partial charge in [-0.3, -0.25) is 4.90 Å². The van der Waals surface area contributed by atoms with E-state index in [0.717, 1.165) is 31.7 Å². The Morgan fingerprint density at radius 1 is 1.33 bits per heavy atom. The van der Waals surface area contributed by atoms with Crippen molar-refractivity contribution >= 4 is 6.09 Å². The molecule has 1 amide bonds. The molecule has 21 heavy (non-hydrogen) atoms. The minimum atomic E-state index is -0.320. The van der Waals surface area contributed by atoms with Gasteiger partial charge in [0.2, 0.25) is 0 Å². The van der Waals surface area contributed by atoms with E-state index in [1.165, 1.54) is 6.42 Å². The minimum Gasteiger partial charge on any atom is -0.445 e. The lowest BCUT2D eigenvalue weighted by Crippen LogP contribution is -2.55. The first-order valence-corrected chi connectivity index (χ1v) is 7.70. The molecule has 5 nitrogen and oxygen atoms in total. The normalized spacial score (nSPS) is 22.8. The number of carbonyl (C=O) groups excluding carboxylic acids is 1. The average Bonchev–Trinajstić information content (AvgIpc) is 2.98. The molecule has 5 heteroatoms. The first-order valence-electron chi connectivity index (χ1n) is 7.70. The Balaban J connectivity index is 1.28. The van der Waals surface area contributed by atoms with Crippen molar-refractivity contribution in [2.45, 2.75) is 19.1 Å². The summed E-state index contributed by atoms with van der Waals surface area (Å²) >= 11 is 0. The third-order valence-corrected chi connectivity index (χ3v) is 4.28. The maximum Gasteiger partial charge on any atom is 0.407 e. The summed E-state index contributed by atoms with van der Waals surface area (Å²) in [5.41, 5.74) is 1.01. The van der Waals surface area contributed by atoms with Crippen LogP contribution in [0.2, 0.25) is 0 Å². The monoisotopic (exact) mass is 289 g/mol. The van der Waals surface area contributed by atoms with Crippen LogP contribution in [0, 0.1) is 5.92 Å². The molecule has 2 aliphatic heterocycles. The standard InChI is InChI=1S/C16H23N3O2/c20-16(21-12-13-4-2-1-3-5-13)18-8-14-10-19(11-14)15-6-7-17-9-15/h1-5,14-15,17H,6-12H2,(H,18,20). The Labute approximate surface area is 125 Å². The molecule has 1 aromatic carbocycles. The maximum absolute atomic E-state index is 11.6. The molecule has 0 saturated carbocycles. The fourth-order valence-corrected chi connectivity index (χ4v) is 2.99. The number of amides is 1. The molecule has 1 atom stereocenters. The number of hydrogen-bond donors (Lipinski definition) is 2. The maximum atomic E-state index is 11.6. The number of rotatable bonds is 5. The predicted octanol–water partition coefficient (Wildman–Crippen LogP) is 1.21. The van der Waals surface area contributed by atoms with Gasteiger partial charge in [-0.15, -0.1) is 0 Å². The van der Waals surface area contributed by atoms with E-state index < -0.39 is 0 Å². The van der Waals surface area contributed by atoms with E-state index in [1.807, 2.05) is 30.3 Å². The Bertz CT molecular complexity index is 454. The van der Waals surface area contributed by atoms with Crippen LogP contribution in [0.4, 0.5) is 4.79 Å². The molecular formula is C16H23N3O2. The summed E-state index contributed by atoms with van der Waals surface area (Å²) < 4.78 is 5.20. The van der Waals surface area contributed by atoms with Gasteiger partial charge in [0.05, 0.1) is 0 Å². The van der Waals surface area contributed by atoms with Crippen LogP contribution in [0.1, 0.15) is 12.0 Å². The molecule has 2 N–H and O–H groups in total. The van der Waals surface area contributed by atoms with Gasteiger partial charge < -0.3 is 15.4 Å². The highest BCUT2D eigenvalue weighted by atomic mass is 16.5. The second kappa shape index (κ2) is 6.91. The van der Waals surface area contributed by atoms with Gasteiger partial charge in [0, 0.05) is 38.1 Å². The Morgan fingerprint density at radius 2 is 2.14 bits per heavy atom. The van der Waals surface area contributed by atoms with Crippen molar-refractivity contribution in [1.29, 1.82) is 0 Å². The van der Waals surface area contributed by atoms with Crippen molar-refractivity contribution in [3.63, 3.8) is 0 Å². The number of carbonyl (C=O) groups is 1. The van der Waals surface area contributed by atoms with Crippen LogP contribution >= 0.6 is 0 Å². The van der Waals surface area contributed by atoms with Crippen LogP contribution in [0.25, 0.3) is 0 Å². The summed E-state index contributed by atoms with van der Waals surface area (Å²) in [4.78, 5) is 14.1. The van der Waals surface area contributed by atoms with Crippen molar-refractivity contribution < 1.29 is 9.53 Å². The average molecular weight is 289 g/mol. The molecule has 0 radical (unpaired) electrons. The second-order valence-corrected chi connectivity index (χ2v) is 5.91. The fourth-order valence-electron chi connectivity index (χ4n) is 2.99. The first kappa shape index (κ1) is 14.4. The highest BCUT2D eigenvalue weighted by Crippen LogP contribution is 2.21. The Morgan fingerprint density at radius 3 is 2.86 bits per heavy atom. The van der Waals surface area contributed by atoms with E-state index in [0.29, 0.717) is 25.1 Å². The predicted molar refractivity (Wildman–Crippen MR) is 81.0 cm³/mol. The molecule has 2 heterocycles. The van der Waals surface area contributed by atoms with Crippen molar-refractivity contribution in [3.05, 3.63) is 35.9 Å². The third-order valence-electron chi connectivity index (χ3n) is 4.28. The lowest BCUT2D eigenvalue weighted by molar-refractivity contribution is 0.0584. The van der Waals surface area contributed by atoms with Gasteiger partial charge in [0.25, 0.3) is 0 Å².